The Hall–Kier alpha value is -1.07. The van der Waals surface area contributed by atoms with Crippen LogP contribution in [0.4, 0.5) is 0 Å². The second kappa shape index (κ2) is 9.81. The van der Waals surface area contributed by atoms with Crippen molar-refractivity contribution in [2.24, 2.45) is 5.41 Å². The van der Waals surface area contributed by atoms with Crippen LogP contribution in [0.5, 0.6) is 0 Å². The lowest BCUT2D eigenvalue weighted by Crippen LogP contribution is -2.35. The van der Waals surface area contributed by atoms with Crippen LogP contribution in [0, 0.1) is 17.3 Å². The van der Waals surface area contributed by atoms with E-state index in [9.17, 15) is 9.90 Å². The first-order valence-electron chi connectivity index (χ1n) is 7.32. The molecular formula is C17H30O2. The van der Waals surface area contributed by atoms with Gasteiger partial charge in [0, 0.05) is 23.0 Å². The van der Waals surface area contributed by atoms with Crippen molar-refractivity contribution in [1.82, 2.24) is 0 Å². The maximum atomic E-state index is 11.6. The number of aliphatic hydroxyl groups excluding tert-OH is 1. The number of ketones is 1. The molecule has 1 N–H and O–H groups in total. The first kappa shape index (κ1) is 20.3. The van der Waals surface area contributed by atoms with E-state index >= 15 is 0 Å². The Labute approximate surface area is 119 Å². The summed E-state index contributed by atoms with van der Waals surface area (Å²) >= 11 is 0. The highest BCUT2D eigenvalue weighted by Gasteiger charge is 2.37. The highest BCUT2D eigenvalue weighted by Crippen LogP contribution is 2.38. The van der Waals surface area contributed by atoms with E-state index in [0.29, 0.717) is 12.0 Å². The zero-order valence-corrected chi connectivity index (χ0v) is 13.8. The third kappa shape index (κ3) is 5.61. The molecule has 2 heteroatoms. The fourth-order valence-corrected chi connectivity index (χ4v) is 2.00. The summed E-state index contributed by atoms with van der Waals surface area (Å²) < 4.78 is 0. The largest absolute Gasteiger partial charge is 0.385 e. The quantitative estimate of drug-likeness (QED) is 0.669. The maximum Gasteiger partial charge on any atom is 0.187 e. The van der Waals surface area contributed by atoms with Gasteiger partial charge >= 0.3 is 0 Å². The van der Waals surface area contributed by atoms with E-state index in [2.05, 4.69) is 11.8 Å². The molecule has 1 rings (SSSR count). The van der Waals surface area contributed by atoms with Crippen LogP contribution in [0.1, 0.15) is 68.2 Å². The number of carbonyl (C=O) groups is 1. The van der Waals surface area contributed by atoms with Crippen molar-refractivity contribution in [3.05, 3.63) is 11.1 Å². The van der Waals surface area contributed by atoms with Crippen LogP contribution in [-0.2, 0) is 4.79 Å². The van der Waals surface area contributed by atoms with Gasteiger partial charge in [-0.3, -0.25) is 4.79 Å². The molecule has 1 aliphatic carbocycles. The van der Waals surface area contributed by atoms with Gasteiger partial charge in [-0.25, -0.2) is 0 Å². The van der Waals surface area contributed by atoms with Crippen molar-refractivity contribution < 1.29 is 9.90 Å². The first-order valence-corrected chi connectivity index (χ1v) is 7.32. The topological polar surface area (TPSA) is 37.3 Å². The Morgan fingerprint density at radius 3 is 2.16 bits per heavy atom. The van der Waals surface area contributed by atoms with Crippen LogP contribution in [0.3, 0.4) is 0 Å². The smallest absolute Gasteiger partial charge is 0.187 e. The predicted molar refractivity (Wildman–Crippen MR) is 82.9 cm³/mol. The summed E-state index contributed by atoms with van der Waals surface area (Å²) in [5.41, 5.74) is 1.32. The Morgan fingerprint density at radius 2 is 1.74 bits per heavy atom. The Kier molecular flexibility index (Phi) is 10.5. The number of hydrogen-bond acceptors (Lipinski definition) is 2. The molecule has 0 amide bonds. The van der Waals surface area contributed by atoms with Crippen LogP contribution in [0.25, 0.3) is 0 Å². The van der Waals surface area contributed by atoms with Gasteiger partial charge in [-0.2, -0.15) is 0 Å². The van der Waals surface area contributed by atoms with Gasteiger partial charge in [0.2, 0.25) is 0 Å². The van der Waals surface area contributed by atoms with Crippen LogP contribution in [-0.4, -0.2) is 17.0 Å². The molecule has 110 valence electrons. The van der Waals surface area contributed by atoms with Gasteiger partial charge in [-0.15, -0.1) is 0 Å². The molecule has 0 fully saturated rings. The lowest BCUT2D eigenvalue weighted by molar-refractivity contribution is -0.125. The SMILES string of the molecule is CC.CC.CCC#CC1=C(C)C(=O)C(O)CC1(C)C. The number of allylic oxidation sites excluding steroid dienone is 1. The molecule has 0 spiro atoms. The molecule has 0 saturated heterocycles. The molecule has 2 nitrogen and oxygen atoms in total. The van der Waals surface area contributed by atoms with Crippen molar-refractivity contribution in [3.8, 4) is 11.8 Å². The normalized spacial score (nSPS) is 20.3. The summed E-state index contributed by atoms with van der Waals surface area (Å²) in [6.07, 6.45) is 0.396. The van der Waals surface area contributed by atoms with Gasteiger partial charge in [0.05, 0.1) is 0 Å². The zero-order chi connectivity index (χ0) is 15.6. The number of hydrogen-bond donors (Lipinski definition) is 1. The van der Waals surface area contributed by atoms with Crippen molar-refractivity contribution >= 4 is 5.78 Å². The van der Waals surface area contributed by atoms with Crippen molar-refractivity contribution in [1.29, 1.82) is 0 Å². The number of Topliss-reactive ketones (excluding diaryl/α,β-unsaturated/α-hetero) is 1. The van der Waals surface area contributed by atoms with Gasteiger partial charge in [0.1, 0.15) is 6.10 Å². The predicted octanol–water partition coefficient (Wildman–Crippen LogP) is 4.13. The van der Waals surface area contributed by atoms with E-state index in [0.717, 1.165) is 12.0 Å². The third-order valence-electron chi connectivity index (χ3n) is 2.82. The van der Waals surface area contributed by atoms with Crippen LogP contribution < -0.4 is 0 Å². The molecule has 0 aromatic rings. The Morgan fingerprint density at radius 1 is 1.26 bits per heavy atom. The van der Waals surface area contributed by atoms with Crippen LogP contribution in [0.2, 0.25) is 0 Å². The minimum atomic E-state index is -0.854. The average molecular weight is 266 g/mol. The molecule has 0 bridgehead atoms. The van der Waals surface area contributed by atoms with E-state index in [4.69, 9.17) is 0 Å². The zero-order valence-electron chi connectivity index (χ0n) is 13.8. The summed E-state index contributed by atoms with van der Waals surface area (Å²) in [5.74, 6) is 5.89. The highest BCUT2D eigenvalue weighted by molar-refractivity contribution is 6.00. The number of rotatable bonds is 0. The van der Waals surface area contributed by atoms with Crippen molar-refractivity contribution in [2.45, 2.75) is 74.3 Å². The van der Waals surface area contributed by atoms with Gasteiger partial charge in [-0.1, -0.05) is 60.3 Å². The van der Waals surface area contributed by atoms with Crippen LogP contribution >= 0.6 is 0 Å². The molecule has 0 saturated carbocycles. The number of aliphatic hydroxyl groups is 1. The molecule has 0 aliphatic heterocycles. The van der Waals surface area contributed by atoms with Gasteiger partial charge in [-0.05, 0) is 13.3 Å². The third-order valence-corrected chi connectivity index (χ3v) is 2.82. The van der Waals surface area contributed by atoms with Gasteiger partial charge in [0.15, 0.2) is 5.78 Å². The monoisotopic (exact) mass is 266 g/mol. The second-order valence-corrected chi connectivity index (χ2v) is 4.62. The average Bonchev–Trinajstić information content (AvgIpc) is 2.40. The van der Waals surface area contributed by atoms with Crippen molar-refractivity contribution in [2.75, 3.05) is 0 Å². The molecule has 0 aromatic heterocycles. The minimum Gasteiger partial charge on any atom is -0.385 e. The molecule has 1 unspecified atom stereocenters. The summed E-state index contributed by atoms with van der Waals surface area (Å²) in [4.78, 5) is 11.6. The lowest BCUT2D eigenvalue weighted by atomic mass is 9.71. The van der Waals surface area contributed by atoms with E-state index in [1.807, 2.05) is 48.5 Å². The molecule has 1 aliphatic rings. The lowest BCUT2D eigenvalue weighted by Gasteiger charge is -2.33. The summed E-state index contributed by atoms with van der Waals surface area (Å²) in [6.45, 7) is 15.8. The van der Waals surface area contributed by atoms with E-state index in [1.165, 1.54) is 0 Å². The van der Waals surface area contributed by atoms with Gasteiger partial charge < -0.3 is 5.11 Å². The molecule has 0 radical (unpaired) electrons. The molecule has 19 heavy (non-hydrogen) atoms. The summed E-state index contributed by atoms with van der Waals surface area (Å²) in [6, 6.07) is 0. The molecule has 1 atom stereocenters. The van der Waals surface area contributed by atoms with Crippen LogP contribution in [0.15, 0.2) is 11.1 Å². The van der Waals surface area contributed by atoms with E-state index in [-0.39, 0.29) is 11.2 Å². The van der Waals surface area contributed by atoms with E-state index in [1.54, 1.807) is 6.92 Å². The maximum absolute atomic E-state index is 11.6. The summed E-state index contributed by atoms with van der Waals surface area (Å²) in [7, 11) is 0. The fraction of sp³-hybridized carbons (Fsp3) is 0.706. The second-order valence-electron chi connectivity index (χ2n) is 4.62. The van der Waals surface area contributed by atoms with Gasteiger partial charge in [0.25, 0.3) is 0 Å². The fourth-order valence-electron chi connectivity index (χ4n) is 2.00. The molecule has 0 aromatic carbocycles. The minimum absolute atomic E-state index is 0.172. The Balaban J connectivity index is 0. The molecular weight excluding hydrogens is 236 g/mol. The number of carbonyl (C=O) groups excluding carboxylic acids is 1. The highest BCUT2D eigenvalue weighted by atomic mass is 16.3. The first-order chi connectivity index (χ1) is 8.90. The Bertz CT molecular complexity index is 364. The standard InChI is InChI=1S/C13H18O2.2C2H6/c1-5-6-7-10-9(2)12(15)11(14)8-13(10,3)4;2*1-2/h11,14H,5,8H2,1-4H3;2*1-2H3. The van der Waals surface area contributed by atoms with Crippen molar-refractivity contribution in [3.63, 3.8) is 0 Å². The van der Waals surface area contributed by atoms with E-state index < -0.39 is 6.10 Å². The molecule has 0 heterocycles. The summed E-state index contributed by atoms with van der Waals surface area (Å²) in [5, 5.41) is 9.60.